The number of nitrogens with one attached hydrogen (secondary N) is 2. The van der Waals surface area contributed by atoms with E-state index in [-0.39, 0.29) is 5.91 Å². The summed E-state index contributed by atoms with van der Waals surface area (Å²) >= 11 is 0. The molecule has 8 nitrogen and oxygen atoms in total. The molecule has 0 bridgehead atoms. The zero-order valence-electron chi connectivity index (χ0n) is 24.0. The van der Waals surface area contributed by atoms with E-state index in [4.69, 9.17) is 4.74 Å². The fourth-order valence-electron chi connectivity index (χ4n) is 4.28. The lowest BCUT2D eigenvalue weighted by atomic mass is 10.00. The highest BCUT2D eigenvalue weighted by Gasteiger charge is 2.36. The summed E-state index contributed by atoms with van der Waals surface area (Å²) < 4.78 is 5.31. The van der Waals surface area contributed by atoms with E-state index >= 15 is 0 Å². The molecule has 0 aliphatic carbocycles. The van der Waals surface area contributed by atoms with Crippen LogP contribution in [0.3, 0.4) is 0 Å². The number of alkyl carbamates (subject to hydrolysis) is 1. The molecule has 0 saturated heterocycles. The molecule has 0 saturated carbocycles. The third-order valence-corrected chi connectivity index (χ3v) is 6.18. The van der Waals surface area contributed by atoms with Crippen molar-refractivity contribution in [3.8, 4) is 0 Å². The highest BCUT2D eigenvalue weighted by atomic mass is 16.6. The molecule has 0 aliphatic rings. The Morgan fingerprint density at radius 1 is 0.974 bits per heavy atom. The largest absolute Gasteiger partial charge is 0.444 e. The third-order valence-electron chi connectivity index (χ3n) is 6.18. The molecule has 0 aliphatic heterocycles. The first-order chi connectivity index (χ1) is 18.6. The SMILES string of the molecule is CCCCCCCN(C(=O)C(CO)NC(=O)OC(C)(C)C)C(C(=O)NCc1ccccc1)c1cccc(C)c1. The van der Waals surface area contributed by atoms with E-state index in [2.05, 4.69) is 17.6 Å². The number of nitrogens with zero attached hydrogens (tertiary/aromatic N) is 1. The summed E-state index contributed by atoms with van der Waals surface area (Å²) in [5.41, 5.74) is 1.78. The highest BCUT2D eigenvalue weighted by Crippen LogP contribution is 2.25. The van der Waals surface area contributed by atoms with Gasteiger partial charge in [0.05, 0.1) is 6.61 Å². The monoisotopic (exact) mass is 539 g/mol. The maximum atomic E-state index is 13.9. The van der Waals surface area contributed by atoms with E-state index < -0.39 is 36.3 Å². The Morgan fingerprint density at radius 3 is 2.28 bits per heavy atom. The van der Waals surface area contributed by atoms with Crippen LogP contribution in [0.1, 0.15) is 82.5 Å². The molecule has 0 spiro atoms. The van der Waals surface area contributed by atoms with Crippen molar-refractivity contribution in [3.05, 3.63) is 71.3 Å². The van der Waals surface area contributed by atoms with Crippen molar-refractivity contribution in [1.82, 2.24) is 15.5 Å². The van der Waals surface area contributed by atoms with Crippen LogP contribution in [0.15, 0.2) is 54.6 Å². The lowest BCUT2D eigenvalue weighted by molar-refractivity contribution is -0.143. The second-order valence-corrected chi connectivity index (χ2v) is 10.8. The van der Waals surface area contributed by atoms with Gasteiger partial charge in [0.25, 0.3) is 0 Å². The Morgan fingerprint density at radius 2 is 1.67 bits per heavy atom. The molecule has 2 atom stereocenters. The predicted molar refractivity (Wildman–Crippen MR) is 153 cm³/mol. The van der Waals surface area contributed by atoms with Gasteiger partial charge in [-0.15, -0.1) is 0 Å². The molecule has 3 N–H and O–H groups in total. The van der Waals surface area contributed by atoms with Crippen LogP contribution in [0.2, 0.25) is 0 Å². The van der Waals surface area contributed by atoms with Gasteiger partial charge >= 0.3 is 6.09 Å². The smallest absolute Gasteiger partial charge is 0.408 e. The first-order valence-corrected chi connectivity index (χ1v) is 13.8. The number of amides is 3. The van der Waals surface area contributed by atoms with Gasteiger partial charge in [0.1, 0.15) is 17.7 Å². The molecular formula is C31H45N3O5. The van der Waals surface area contributed by atoms with Crippen molar-refractivity contribution in [2.75, 3.05) is 13.2 Å². The number of unbranched alkanes of at least 4 members (excludes halogenated alkanes) is 4. The summed E-state index contributed by atoms with van der Waals surface area (Å²) in [5, 5.41) is 15.6. The van der Waals surface area contributed by atoms with E-state index in [0.717, 1.165) is 36.8 Å². The summed E-state index contributed by atoms with van der Waals surface area (Å²) in [5.74, 6) is -0.875. The Balaban J connectivity index is 2.39. The number of carbonyl (C=O) groups is 3. The zero-order chi connectivity index (χ0) is 28.8. The standard InChI is InChI=1S/C31H45N3O5/c1-6-7-8-9-13-19-34(29(37)26(22-35)33-30(38)39-31(3,4)5)27(25-18-14-15-23(2)20-25)28(36)32-21-24-16-11-10-12-17-24/h10-12,14-18,20,26-27,35H,6-9,13,19,21-22H2,1-5H3,(H,32,36)(H,33,38). The van der Waals surface area contributed by atoms with Crippen LogP contribution in [0.5, 0.6) is 0 Å². The summed E-state index contributed by atoms with van der Waals surface area (Å²) in [6.07, 6.45) is 3.97. The molecule has 214 valence electrons. The molecule has 2 unspecified atom stereocenters. The molecule has 0 aromatic heterocycles. The predicted octanol–water partition coefficient (Wildman–Crippen LogP) is 5.04. The van der Waals surface area contributed by atoms with Gasteiger partial charge in [-0.3, -0.25) is 9.59 Å². The Labute approximate surface area is 233 Å². The van der Waals surface area contributed by atoms with Gasteiger partial charge in [-0.1, -0.05) is 92.8 Å². The molecule has 39 heavy (non-hydrogen) atoms. The van der Waals surface area contributed by atoms with Crippen LogP contribution in [0, 0.1) is 6.92 Å². The fourth-order valence-corrected chi connectivity index (χ4v) is 4.28. The average Bonchev–Trinajstić information content (AvgIpc) is 2.89. The molecule has 2 aromatic rings. The van der Waals surface area contributed by atoms with Gasteiger partial charge in [-0.05, 0) is 45.2 Å². The maximum Gasteiger partial charge on any atom is 0.408 e. The fraction of sp³-hybridized carbons (Fsp3) is 0.516. The number of aliphatic hydroxyl groups is 1. The van der Waals surface area contributed by atoms with E-state index in [0.29, 0.717) is 25.1 Å². The molecule has 0 heterocycles. The van der Waals surface area contributed by atoms with Crippen molar-refractivity contribution in [2.24, 2.45) is 0 Å². The number of aliphatic hydroxyl groups excluding tert-OH is 1. The lowest BCUT2D eigenvalue weighted by Gasteiger charge is -2.34. The van der Waals surface area contributed by atoms with Crippen molar-refractivity contribution in [3.63, 3.8) is 0 Å². The number of hydrogen-bond acceptors (Lipinski definition) is 5. The quantitative estimate of drug-likeness (QED) is 0.292. The van der Waals surface area contributed by atoms with Gasteiger partial charge in [0.15, 0.2) is 0 Å². The Bertz CT molecular complexity index is 1050. The molecule has 3 amide bonds. The van der Waals surface area contributed by atoms with Crippen molar-refractivity contribution < 1.29 is 24.2 Å². The molecular weight excluding hydrogens is 494 g/mol. The Hall–Kier alpha value is -3.39. The van der Waals surface area contributed by atoms with Crippen LogP contribution in [0.25, 0.3) is 0 Å². The topological polar surface area (TPSA) is 108 Å². The minimum absolute atomic E-state index is 0.298. The number of hydrogen-bond donors (Lipinski definition) is 3. The van der Waals surface area contributed by atoms with E-state index in [1.54, 1.807) is 20.8 Å². The third kappa shape index (κ3) is 11.1. The Kier molecular flexibility index (Phi) is 13.0. The van der Waals surface area contributed by atoms with Gasteiger partial charge in [-0.2, -0.15) is 0 Å². The van der Waals surface area contributed by atoms with Gasteiger partial charge < -0.3 is 25.4 Å². The normalized spacial score (nSPS) is 12.8. The highest BCUT2D eigenvalue weighted by molar-refractivity contribution is 5.92. The van der Waals surface area contributed by atoms with Crippen LogP contribution in [0.4, 0.5) is 4.79 Å². The van der Waals surface area contributed by atoms with Gasteiger partial charge in [0.2, 0.25) is 11.8 Å². The summed E-state index contributed by atoms with van der Waals surface area (Å²) in [4.78, 5) is 41.6. The number of benzene rings is 2. The number of ether oxygens (including phenoxy) is 1. The molecule has 2 aromatic carbocycles. The van der Waals surface area contributed by atoms with E-state index in [9.17, 15) is 19.5 Å². The second-order valence-electron chi connectivity index (χ2n) is 10.8. The van der Waals surface area contributed by atoms with Crippen LogP contribution in [-0.2, 0) is 20.9 Å². The van der Waals surface area contributed by atoms with Crippen LogP contribution in [-0.4, -0.2) is 52.7 Å². The van der Waals surface area contributed by atoms with Gasteiger partial charge in [0, 0.05) is 13.1 Å². The molecule has 2 rings (SSSR count). The zero-order valence-corrected chi connectivity index (χ0v) is 24.0. The van der Waals surface area contributed by atoms with Gasteiger partial charge in [-0.25, -0.2) is 4.79 Å². The lowest BCUT2D eigenvalue weighted by Crippen LogP contribution is -2.54. The van der Waals surface area contributed by atoms with E-state index in [1.807, 2.05) is 61.5 Å². The summed E-state index contributed by atoms with van der Waals surface area (Å²) in [6, 6.07) is 14.9. The summed E-state index contributed by atoms with van der Waals surface area (Å²) in [6.45, 7) is 9.19. The molecule has 8 heteroatoms. The average molecular weight is 540 g/mol. The number of carbonyl (C=O) groups excluding carboxylic acids is 3. The van der Waals surface area contributed by atoms with E-state index in [1.165, 1.54) is 4.90 Å². The number of rotatable bonds is 14. The van der Waals surface area contributed by atoms with Crippen LogP contribution >= 0.6 is 0 Å². The van der Waals surface area contributed by atoms with Crippen molar-refractivity contribution in [2.45, 2.75) is 91.0 Å². The number of aryl methyl sites for hydroxylation is 1. The first-order valence-electron chi connectivity index (χ1n) is 13.8. The van der Waals surface area contributed by atoms with Crippen molar-refractivity contribution in [1.29, 1.82) is 0 Å². The minimum atomic E-state index is -1.26. The first kappa shape index (κ1) is 31.8. The molecule has 0 fully saturated rings. The van der Waals surface area contributed by atoms with Crippen LogP contribution < -0.4 is 10.6 Å². The van der Waals surface area contributed by atoms with Crippen molar-refractivity contribution >= 4 is 17.9 Å². The summed E-state index contributed by atoms with van der Waals surface area (Å²) in [7, 11) is 0. The maximum absolute atomic E-state index is 13.9. The second kappa shape index (κ2) is 15.9. The molecule has 0 radical (unpaired) electrons. The minimum Gasteiger partial charge on any atom is -0.444 e.